The maximum absolute atomic E-state index is 12.6. The predicted octanol–water partition coefficient (Wildman–Crippen LogP) is 3.52. The van der Waals surface area contributed by atoms with Gasteiger partial charge in [-0.2, -0.15) is 0 Å². The number of esters is 1. The van der Waals surface area contributed by atoms with Gasteiger partial charge in [0, 0.05) is 18.6 Å². The normalized spacial score (nSPS) is 21.8. The molecule has 1 saturated heterocycles. The summed E-state index contributed by atoms with van der Waals surface area (Å²) in [4.78, 5) is 15.0. The van der Waals surface area contributed by atoms with Crippen LogP contribution in [0.5, 0.6) is 17.2 Å². The van der Waals surface area contributed by atoms with Crippen LogP contribution in [0.2, 0.25) is 0 Å². The molecule has 26 heavy (non-hydrogen) atoms. The first-order valence-electron chi connectivity index (χ1n) is 9.18. The number of methoxy groups -OCH3 is 3. The van der Waals surface area contributed by atoms with Gasteiger partial charge in [-0.1, -0.05) is 6.42 Å². The Balaban J connectivity index is 2.09. The fourth-order valence-electron chi connectivity index (χ4n) is 3.62. The van der Waals surface area contributed by atoms with E-state index in [-0.39, 0.29) is 6.10 Å². The minimum Gasteiger partial charge on any atom is -0.493 e. The van der Waals surface area contributed by atoms with Crippen LogP contribution in [0, 0.1) is 0 Å². The van der Waals surface area contributed by atoms with Crippen LogP contribution in [-0.2, 0) is 4.74 Å². The van der Waals surface area contributed by atoms with E-state index in [4.69, 9.17) is 18.9 Å². The molecule has 1 aliphatic heterocycles. The third kappa shape index (κ3) is 4.61. The van der Waals surface area contributed by atoms with Crippen molar-refractivity contribution in [2.75, 3.05) is 27.9 Å². The van der Waals surface area contributed by atoms with Crippen molar-refractivity contribution in [2.45, 2.75) is 58.2 Å². The topological polar surface area (TPSA) is 57.2 Å². The lowest BCUT2D eigenvalue weighted by Gasteiger charge is -2.40. The molecule has 0 radical (unpaired) electrons. The van der Waals surface area contributed by atoms with Crippen LogP contribution >= 0.6 is 0 Å². The molecule has 0 N–H and O–H groups in total. The average Bonchev–Trinajstić information content (AvgIpc) is 2.63. The summed E-state index contributed by atoms with van der Waals surface area (Å²) >= 11 is 0. The zero-order chi connectivity index (χ0) is 19.3. The Kier molecular flexibility index (Phi) is 7.14. The third-order valence-corrected chi connectivity index (χ3v) is 5.05. The Bertz CT molecular complexity index is 583. The summed E-state index contributed by atoms with van der Waals surface area (Å²) in [5.74, 6) is 0.930. The Labute approximate surface area is 156 Å². The van der Waals surface area contributed by atoms with Crippen LogP contribution in [0.1, 0.15) is 50.4 Å². The molecular formula is C20H31NO5. The van der Waals surface area contributed by atoms with Crippen molar-refractivity contribution < 1.29 is 23.7 Å². The number of likely N-dealkylation sites (tertiary alicyclic amines) is 1. The number of hydrogen-bond donors (Lipinski definition) is 0. The summed E-state index contributed by atoms with van der Waals surface area (Å²) in [5.41, 5.74) is 0.381. The first-order valence-corrected chi connectivity index (χ1v) is 9.18. The molecular weight excluding hydrogens is 334 g/mol. The number of hydrogen-bond acceptors (Lipinski definition) is 6. The van der Waals surface area contributed by atoms with E-state index >= 15 is 0 Å². The van der Waals surface area contributed by atoms with Gasteiger partial charge < -0.3 is 18.9 Å². The molecule has 0 saturated carbocycles. The molecule has 1 aliphatic rings. The molecule has 0 spiro atoms. The summed E-state index contributed by atoms with van der Waals surface area (Å²) in [6.45, 7) is 7.15. The van der Waals surface area contributed by atoms with Crippen molar-refractivity contribution >= 4 is 5.97 Å². The Morgan fingerprint density at radius 3 is 2.08 bits per heavy atom. The van der Waals surface area contributed by atoms with Crippen molar-refractivity contribution in [1.29, 1.82) is 0 Å². The maximum atomic E-state index is 12.6. The van der Waals surface area contributed by atoms with Crippen LogP contribution < -0.4 is 14.2 Å². The van der Waals surface area contributed by atoms with Crippen molar-refractivity contribution in [3.63, 3.8) is 0 Å². The first-order chi connectivity index (χ1) is 12.4. The Morgan fingerprint density at radius 2 is 1.62 bits per heavy atom. The van der Waals surface area contributed by atoms with Gasteiger partial charge in [-0.25, -0.2) is 4.79 Å². The lowest BCUT2D eigenvalue weighted by molar-refractivity contribution is 0.00806. The van der Waals surface area contributed by atoms with E-state index in [0.29, 0.717) is 34.9 Å². The minimum absolute atomic E-state index is 0.204. The zero-order valence-electron chi connectivity index (χ0n) is 16.7. The maximum Gasteiger partial charge on any atom is 0.338 e. The fourth-order valence-corrected chi connectivity index (χ4v) is 3.62. The molecule has 0 aromatic heterocycles. The monoisotopic (exact) mass is 365 g/mol. The van der Waals surface area contributed by atoms with Gasteiger partial charge in [-0.05, 0) is 45.7 Å². The van der Waals surface area contributed by atoms with Crippen LogP contribution in [0.25, 0.3) is 0 Å². The lowest BCUT2D eigenvalue weighted by atomic mass is 9.97. The van der Waals surface area contributed by atoms with Crippen molar-refractivity contribution in [3.8, 4) is 17.2 Å². The number of piperidine rings is 1. The van der Waals surface area contributed by atoms with Gasteiger partial charge in [0.15, 0.2) is 11.5 Å². The van der Waals surface area contributed by atoms with Gasteiger partial charge in [0.2, 0.25) is 5.75 Å². The number of nitrogens with zero attached hydrogens (tertiary/aromatic N) is 1. The molecule has 1 aromatic carbocycles. The second-order valence-corrected chi connectivity index (χ2v) is 6.96. The highest BCUT2D eigenvalue weighted by molar-refractivity contribution is 5.91. The highest BCUT2D eigenvalue weighted by atomic mass is 16.5. The SMILES string of the molecule is COc1cc(C(=O)O[C@@H](C)CN2[C@@H](C)CCC[C@@H]2C)cc(OC)c1OC. The number of ether oxygens (including phenoxy) is 4. The summed E-state index contributed by atoms with van der Waals surface area (Å²) in [6, 6.07) is 4.26. The summed E-state index contributed by atoms with van der Waals surface area (Å²) in [7, 11) is 4.57. The molecule has 1 heterocycles. The van der Waals surface area contributed by atoms with Crippen LogP contribution in [-0.4, -0.2) is 56.9 Å². The molecule has 0 aliphatic carbocycles. The van der Waals surface area contributed by atoms with Crippen molar-refractivity contribution in [1.82, 2.24) is 4.90 Å². The largest absolute Gasteiger partial charge is 0.493 e. The molecule has 146 valence electrons. The molecule has 6 heteroatoms. The van der Waals surface area contributed by atoms with Gasteiger partial charge in [-0.3, -0.25) is 4.90 Å². The van der Waals surface area contributed by atoms with Gasteiger partial charge >= 0.3 is 5.97 Å². The summed E-state index contributed by atoms with van der Waals surface area (Å²) < 4.78 is 21.6. The van der Waals surface area contributed by atoms with Gasteiger partial charge in [0.25, 0.3) is 0 Å². The van der Waals surface area contributed by atoms with Crippen molar-refractivity contribution in [2.24, 2.45) is 0 Å². The zero-order valence-corrected chi connectivity index (χ0v) is 16.7. The molecule has 1 fully saturated rings. The lowest BCUT2D eigenvalue weighted by Crippen LogP contribution is -2.47. The second-order valence-electron chi connectivity index (χ2n) is 6.96. The van der Waals surface area contributed by atoms with Gasteiger partial charge in [-0.15, -0.1) is 0 Å². The summed E-state index contributed by atoms with van der Waals surface area (Å²) in [5, 5.41) is 0. The van der Waals surface area contributed by atoms with E-state index in [1.807, 2.05) is 6.92 Å². The highest BCUT2D eigenvalue weighted by Gasteiger charge is 2.27. The predicted molar refractivity (Wildman–Crippen MR) is 100 cm³/mol. The first kappa shape index (κ1) is 20.4. The molecule has 0 amide bonds. The average molecular weight is 365 g/mol. The minimum atomic E-state index is -0.394. The molecule has 0 unspecified atom stereocenters. The number of rotatable bonds is 7. The van der Waals surface area contributed by atoms with E-state index in [1.54, 1.807) is 12.1 Å². The van der Waals surface area contributed by atoms with E-state index in [2.05, 4.69) is 18.7 Å². The Morgan fingerprint density at radius 1 is 1.08 bits per heavy atom. The van der Waals surface area contributed by atoms with E-state index in [0.717, 1.165) is 6.54 Å². The molecule has 1 aromatic rings. The third-order valence-electron chi connectivity index (χ3n) is 5.05. The summed E-state index contributed by atoms with van der Waals surface area (Å²) in [6.07, 6.45) is 3.44. The van der Waals surface area contributed by atoms with E-state index in [1.165, 1.54) is 40.6 Å². The quantitative estimate of drug-likeness (QED) is 0.689. The second kappa shape index (κ2) is 9.12. The molecule has 0 bridgehead atoms. The van der Waals surface area contributed by atoms with E-state index < -0.39 is 5.97 Å². The number of benzene rings is 1. The smallest absolute Gasteiger partial charge is 0.338 e. The van der Waals surface area contributed by atoms with Gasteiger partial charge in [0.05, 0.1) is 26.9 Å². The van der Waals surface area contributed by atoms with E-state index in [9.17, 15) is 4.79 Å². The highest BCUT2D eigenvalue weighted by Crippen LogP contribution is 2.38. The fraction of sp³-hybridized carbons (Fsp3) is 0.650. The number of carbonyl (C=O) groups excluding carboxylic acids is 1. The van der Waals surface area contributed by atoms with Crippen LogP contribution in [0.4, 0.5) is 0 Å². The van der Waals surface area contributed by atoms with Gasteiger partial charge in [0.1, 0.15) is 6.10 Å². The molecule has 2 rings (SSSR count). The van der Waals surface area contributed by atoms with Crippen molar-refractivity contribution in [3.05, 3.63) is 17.7 Å². The van der Waals surface area contributed by atoms with Crippen LogP contribution in [0.3, 0.4) is 0 Å². The number of carbonyl (C=O) groups is 1. The Hall–Kier alpha value is -1.95. The standard InChI is InChI=1S/C20H31NO5/c1-13-8-7-9-14(2)21(13)12-15(3)26-20(22)16-10-17(23-4)19(25-6)18(11-16)24-5/h10-11,13-15H,7-9,12H2,1-6H3/t13-,14-,15-/m0/s1. The molecule has 3 atom stereocenters. The van der Waals surface area contributed by atoms with Crippen LogP contribution in [0.15, 0.2) is 12.1 Å². The molecule has 6 nitrogen and oxygen atoms in total.